The molecule has 0 aromatic carbocycles. The SMILES string of the molecule is CCC(=O)NC(CC1(C)CCCC1)C(N)=O. The number of amides is 2. The lowest BCUT2D eigenvalue weighted by Crippen LogP contribution is -2.46. The number of hydrogen-bond acceptors (Lipinski definition) is 2. The third kappa shape index (κ3) is 3.51. The minimum Gasteiger partial charge on any atom is -0.368 e. The van der Waals surface area contributed by atoms with E-state index in [0.717, 1.165) is 12.8 Å². The number of carbonyl (C=O) groups excluding carboxylic acids is 2. The highest BCUT2D eigenvalue weighted by atomic mass is 16.2. The smallest absolute Gasteiger partial charge is 0.240 e. The average molecular weight is 226 g/mol. The van der Waals surface area contributed by atoms with Crippen LogP contribution in [0.5, 0.6) is 0 Å². The molecule has 1 aliphatic carbocycles. The summed E-state index contributed by atoms with van der Waals surface area (Å²) in [7, 11) is 0. The molecule has 0 saturated heterocycles. The van der Waals surface area contributed by atoms with Crippen LogP contribution in [-0.4, -0.2) is 17.9 Å². The predicted molar refractivity (Wildman–Crippen MR) is 62.6 cm³/mol. The van der Waals surface area contributed by atoms with Gasteiger partial charge in [0.15, 0.2) is 0 Å². The predicted octanol–water partition coefficient (Wildman–Crippen LogP) is 1.34. The van der Waals surface area contributed by atoms with E-state index in [4.69, 9.17) is 5.73 Å². The minimum absolute atomic E-state index is 0.106. The van der Waals surface area contributed by atoms with Crippen LogP contribution in [0.2, 0.25) is 0 Å². The van der Waals surface area contributed by atoms with Gasteiger partial charge in [-0.15, -0.1) is 0 Å². The molecule has 0 heterocycles. The summed E-state index contributed by atoms with van der Waals surface area (Å²) in [5, 5.41) is 2.70. The van der Waals surface area contributed by atoms with Gasteiger partial charge < -0.3 is 11.1 Å². The van der Waals surface area contributed by atoms with Gasteiger partial charge in [0, 0.05) is 6.42 Å². The Morgan fingerprint density at radius 3 is 2.38 bits per heavy atom. The van der Waals surface area contributed by atoms with Gasteiger partial charge in [-0.3, -0.25) is 9.59 Å². The number of carbonyl (C=O) groups is 2. The Labute approximate surface area is 97.0 Å². The zero-order chi connectivity index (χ0) is 12.2. The van der Waals surface area contributed by atoms with Gasteiger partial charge in [-0.1, -0.05) is 26.7 Å². The maximum atomic E-state index is 11.3. The molecule has 1 fully saturated rings. The van der Waals surface area contributed by atoms with Crippen molar-refractivity contribution in [2.45, 2.75) is 58.4 Å². The zero-order valence-corrected chi connectivity index (χ0v) is 10.2. The van der Waals surface area contributed by atoms with Gasteiger partial charge in [-0.2, -0.15) is 0 Å². The largest absolute Gasteiger partial charge is 0.368 e. The Morgan fingerprint density at radius 1 is 1.38 bits per heavy atom. The fourth-order valence-electron chi connectivity index (χ4n) is 2.44. The van der Waals surface area contributed by atoms with Crippen molar-refractivity contribution in [2.24, 2.45) is 11.1 Å². The molecule has 1 unspecified atom stereocenters. The summed E-state index contributed by atoms with van der Waals surface area (Å²) in [6.07, 6.45) is 5.74. The Morgan fingerprint density at radius 2 is 1.94 bits per heavy atom. The summed E-state index contributed by atoms with van der Waals surface area (Å²) in [6.45, 7) is 3.94. The summed E-state index contributed by atoms with van der Waals surface area (Å²) in [6, 6.07) is -0.504. The molecule has 0 aromatic heterocycles. The molecule has 0 bridgehead atoms. The van der Waals surface area contributed by atoms with E-state index in [1.165, 1.54) is 12.8 Å². The van der Waals surface area contributed by atoms with E-state index < -0.39 is 11.9 Å². The second-order valence-electron chi connectivity index (χ2n) is 5.10. The molecule has 4 nitrogen and oxygen atoms in total. The van der Waals surface area contributed by atoms with Crippen molar-refractivity contribution in [3.8, 4) is 0 Å². The maximum absolute atomic E-state index is 11.3. The highest BCUT2D eigenvalue weighted by Crippen LogP contribution is 2.41. The first-order valence-electron chi connectivity index (χ1n) is 6.05. The van der Waals surface area contributed by atoms with E-state index in [9.17, 15) is 9.59 Å². The summed E-state index contributed by atoms with van der Waals surface area (Å²) in [5.41, 5.74) is 5.49. The van der Waals surface area contributed by atoms with Crippen molar-refractivity contribution < 1.29 is 9.59 Å². The van der Waals surface area contributed by atoms with E-state index in [1.54, 1.807) is 6.92 Å². The summed E-state index contributed by atoms with van der Waals surface area (Å²) in [5.74, 6) is -0.527. The Bertz CT molecular complexity index is 270. The molecule has 0 spiro atoms. The molecule has 1 saturated carbocycles. The molecule has 0 aromatic rings. The van der Waals surface area contributed by atoms with E-state index in [1.807, 2.05) is 0 Å². The van der Waals surface area contributed by atoms with Crippen LogP contribution in [0.4, 0.5) is 0 Å². The van der Waals surface area contributed by atoms with E-state index >= 15 is 0 Å². The molecule has 4 heteroatoms. The van der Waals surface area contributed by atoms with Crippen molar-refractivity contribution in [3.05, 3.63) is 0 Å². The van der Waals surface area contributed by atoms with Crippen LogP contribution < -0.4 is 11.1 Å². The molecule has 3 N–H and O–H groups in total. The van der Waals surface area contributed by atoms with Gasteiger partial charge in [0.25, 0.3) is 0 Å². The highest BCUT2D eigenvalue weighted by molar-refractivity contribution is 5.86. The van der Waals surface area contributed by atoms with E-state index in [0.29, 0.717) is 12.8 Å². The minimum atomic E-state index is -0.504. The molecule has 0 aliphatic heterocycles. The number of rotatable bonds is 5. The molecular weight excluding hydrogens is 204 g/mol. The van der Waals surface area contributed by atoms with Gasteiger partial charge in [-0.05, 0) is 24.7 Å². The summed E-state index contributed by atoms with van der Waals surface area (Å²) >= 11 is 0. The lowest BCUT2D eigenvalue weighted by atomic mass is 9.82. The maximum Gasteiger partial charge on any atom is 0.240 e. The fraction of sp³-hybridized carbons (Fsp3) is 0.833. The third-order valence-corrected chi connectivity index (χ3v) is 3.51. The van der Waals surface area contributed by atoms with Crippen LogP contribution in [0.3, 0.4) is 0 Å². The lowest BCUT2D eigenvalue weighted by molar-refractivity contribution is -0.127. The van der Waals surface area contributed by atoms with E-state index in [-0.39, 0.29) is 11.3 Å². The van der Waals surface area contributed by atoms with Crippen LogP contribution in [0.25, 0.3) is 0 Å². The first-order valence-corrected chi connectivity index (χ1v) is 6.05. The van der Waals surface area contributed by atoms with Crippen molar-refractivity contribution in [2.75, 3.05) is 0 Å². The molecule has 16 heavy (non-hydrogen) atoms. The van der Waals surface area contributed by atoms with Crippen molar-refractivity contribution >= 4 is 11.8 Å². The van der Waals surface area contributed by atoms with Crippen molar-refractivity contribution in [3.63, 3.8) is 0 Å². The second kappa shape index (κ2) is 5.32. The van der Waals surface area contributed by atoms with Crippen LogP contribution in [0.15, 0.2) is 0 Å². The number of primary amides is 1. The molecule has 0 radical (unpaired) electrons. The highest BCUT2D eigenvalue weighted by Gasteiger charge is 2.33. The van der Waals surface area contributed by atoms with Crippen molar-refractivity contribution in [1.29, 1.82) is 0 Å². The topological polar surface area (TPSA) is 72.2 Å². The monoisotopic (exact) mass is 226 g/mol. The fourth-order valence-corrected chi connectivity index (χ4v) is 2.44. The van der Waals surface area contributed by atoms with Crippen LogP contribution >= 0.6 is 0 Å². The molecule has 1 atom stereocenters. The average Bonchev–Trinajstić information content (AvgIpc) is 2.63. The molecule has 92 valence electrons. The van der Waals surface area contributed by atoms with Crippen LogP contribution in [0.1, 0.15) is 52.4 Å². The summed E-state index contributed by atoms with van der Waals surface area (Å²) < 4.78 is 0. The number of nitrogens with two attached hydrogens (primary N) is 1. The number of nitrogens with one attached hydrogen (secondary N) is 1. The van der Waals surface area contributed by atoms with Crippen LogP contribution in [-0.2, 0) is 9.59 Å². The second-order valence-corrected chi connectivity index (χ2v) is 5.10. The number of hydrogen-bond donors (Lipinski definition) is 2. The molecule has 1 rings (SSSR count). The quantitative estimate of drug-likeness (QED) is 0.742. The Kier molecular flexibility index (Phi) is 4.33. The summed E-state index contributed by atoms with van der Waals surface area (Å²) in [4.78, 5) is 22.6. The first-order chi connectivity index (χ1) is 7.47. The van der Waals surface area contributed by atoms with Gasteiger partial charge in [0.05, 0.1) is 0 Å². The van der Waals surface area contributed by atoms with Gasteiger partial charge in [0.1, 0.15) is 6.04 Å². The van der Waals surface area contributed by atoms with E-state index in [2.05, 4.69) is 12.2 Å². The van der Waals surface area contributed by atoms with Gasteiger partial charge >= 0.3 is 0 Å². The van der Waals surface area contributed by atoms with Gasteiger partial charge in [0.2, 0.25) is 11.8 Å². The van der Waals surface area contributed by atoms with Gasteiger partial charge in [-0.25, -0.2) is 0 Å². The zero-order valence-electron chi connectivity index (χ0n) is 10.2. The lowest BCUT2D eigenvalue weighted by Gasteiger charge is -2.28. The first kappa shape index (κ1) is 13.0. The standard InChI is InChI=1S/C12H22N2O2/c1-3-10(15)14-9(11(13)16)8-12(2)6-4-5-7-12/h9H,3-8H2,1-2H3,(H2,13,16)(H,14,15). The Balaban J connectivity index is 2.57. The molecule has 2 amide bonds. The van der Waals surface area contributed by atoms with Crippen molar-refractivity contribution in [1.82, 2.24) is 5.32 Å². The third-order valence-electron chi connectivity index (χ3n) is 3.51. The Hall–Kier alpha value is -1.06. The normalized spacial score (nSPS) is 20.4. The molecule has 1 aliphatic rings. The molecular formula is C12H22N2O2. The van der Waals surface area contributed by atoms with Crippen LogP contribution in [0, 0.1) is 5.41 Å².